The molecule has 2 fully saturated rings. The summed E-state index contributed by atoms with van der Waals surface area (Å²) in [6.45, 7) is 10.4. The summed E-state index contributed by atoms with van der Waals surface area (Å²) in [5.74, 6) is 1.79. The Bertz CT molecular complexity index is 1330. The normalized spacial score (nSPS) is 16.2. The third-order valence-electron chi connectivity index (χ3n) is 7.42. The number of pyridine rings is 1. The van der Waals surface area contributed by atoms with Crippen molar-refractivity contribution < 1.29 is 4.79 Å². The zero-order chi connectivity index (χ0) is 25.8. The van der Waals surface area contributed by atoms with Gasteiger partial charge in [-0.25, -0.2) is 4.98 Å². The van der Waals surface area contributed by atoms with Gasteiger partial charge in [-0.3, -0.25) is 9.59 Å². The Labute approximate surface area is 217 Å². The molecule has 0 radical (unpaired) electrons. The first-order valence-electron chi connectivity index (χ1n) is 13.6. The maximum absolute atomic E-state index is 12.8. The summed E-state index contributed by atoms with van der Waals surface area (Å²) in [5.41, 5.74) is 3.23. The summed E-state index contributed by atoms with van der Waals surface area (Å²) in [5, 5.41) is 8.10. The van der Waals surface area contributed by atoms with Crippen molar-refractivity contribution in [2.45, 2.75) is 65.0 Å². The lowest BCUT2D eigenvalue weighted by molar-refractivity contribution is -0.128. The summed E-state index contributed by atoms with van der Waals surface area (Å²) in [4.78, 5) is 34.5. The zero-order valence-corrected chi connectivity index (χ0v) is 21.8. The number of aryl methyl sites for hydroxylation is 1. The van der Waals surface area contributed by atoms with Gasteiger partial charge in [-0.15, -0.1) is 0 Å². The van der Waals surface area contributed by atoms with Gasteiger partial charge in [0.2, 0.25) is 0 Å². The Balaban J connectivity index is 1.34. The molecule has 3 aromatic rings. The number of nitrogens with zero attached hydrogens (tertiary/aromatic N) is 6. The number of likely N-dealkylation sites (tertiary alicyclic amines) is 1. The highest BCUT2D eigenvalue weighted by molar-refractivity contribution is 5.92. The minimum absolute atomic E-state index is 0.0510. The lowest BCUT2D eigenvalue weighted by Gasteiger charge is -2.28. The zero-order valence-electron chi connectivity index (χ0n) is 21.8. The van der Waals surface area contributed by atoms with E-state index < -0.39 is 0 Å². The number of rotatable bonds is 8. The van der Waals surface area contributed by atoms with Crippen LogP contribution in [-0.2, 0) is 24.3 Å². The monoisotopic (exact) mass is 503 g/mol. The van der Waals surface area contributed by atoms with Crippen molar-refractivity contribution in [2.24, 2.45) is 0 Å². The Hall–Kier alpha value is -3.62. The first-order chi connectivity index (χ1) is 18.0. The van der Waals surface area contributed by atoms with Gasteiger partial charge >= 0.3 is 0 Å². The molecule has 1 amide bonds. The van der Waals surface area contributed by atoms with Crippen LogP contribution in [0.5, 0.6) is 0 Å². The molecule has 0 saturated carbocycles. The number of aromatic nitrogens is 4. The van der Waals surface area contributed by atoms with E-state index in [-0.39, 0.29) is 18.0 Å². The number of amides is 1. The van der Waals surface area contributed by atoms with Crippen LogP contribution in [0.3, 0.4) is 0 Å². The first kappa shape index (κ1) is 25.0. The molecule has 5 rings (SSSR count). The second kappa shape index (κ2) is 11.2. The van der Waals surface area contributed by atoms with Crippen LogP contribution in [0.25, 0.3) is 5.65 Å². The van der Waals surface area contributed by atoms with Crippen molar-refractivity contribution in [2.75, 3.05) is 36.4 Å². The highest BCUT2D eigenvalue weighted by Crippen LogP contribution is 2.25. The molecule has 2 aliphatic rings. The molecule has 0 spiro atoms. The van der Waals surface area contributed by atoms with Crippen LogP contribution in [0.4, 0.5) is 11.6 Å². The molecule has 9 heteroatoms. The molecule has 0 aliphatic carbocycles. The topological polar surface area (TPSA) is 87.8 Å². The van der Waals surface area contributed by atoms with Gasteiger partial charge in [0, 0.05) is 62.2 Å². The number of fused-ring (bicyclic) bond motifs is 1. The Morgan fingerprint density at radius 1 is 1.05 bits per heavy atom. The van der Waals surface area contributed by atoms with Gasteiger partial charge in [-0.2, -0.15) is 9.61 Å². The van der Waals surface area contributed by atoms with Crippen LogP contribution < -0.4 is 15.8 Å². The summed E-state index contributed by atoms with van der Waals surface area (Å²) in [7, 11) is 0. The third kappa shape index (κ3) is 5.55. The third-order valence-corrected chi connectivity index (χ3v) is 7.42. The molecular weight excluding hydrogens is 466 g/mol. The molecule has 0 aromatic carbocycles. The van der Waals surface area contributed by atoms with Gasteiger partial charge in [0.1, 0.15) is 11.6 Å². The second-order valence-electron chi connectivity index (χ2n) is 10.1. The van der Waals surface area contributed by atoms with E-state index in [1.54, 1.807) is 10.6 Å². The van der Waals surface area contributed by atoms with Gasteiger partial charge in [-0.1, -0.05) is 19.6 Å². The van der Waals surface area contributed by atoms with E-state index >= 15 is 0 Å². The molecule has 2 saturated heterocycles. The maximum Gasteiger partial charge on any atom is 0.251 e. The predicted octanol–water partition coefficient (Wildman–Crippen LogP) is 3.62. The molecule has 0 unspecified atom stereocenters. The number of hydrogen-bond donors (Lipinski definition) is 1. The molecule has 37 heavy (non-hydrogen) atoms. The van der Waals surface area contributed by atoms with Gasteiger partial charge in [0.25, 0.3) is 11.5 Å². The quantitative estimate of drug-likeness (QED) is 0.473. The molecular formula is C28H37N7O2. The van der Waals surface area contributed by atoms with E-state index in [0.717, 1.165) is 80.3 Å². The molecule has 196 valence electrons. The standard InChI is InChI=1S/C28H37N7O2/c1-3-23-18-30-35-24(16-25(31-27(23)35)32-12-6-4-7-13-32)29-17-22-10-11-26(36)34(20-22)19-21(2)28(37)33-14-8-5-9-15-33/h10-11,16,18,20,29H,2-9,12-15,17,19H2,1H3. The van der Waals surface area contributed by atoms with Crippen LogP contribution in [0.2, 0.25) is 0 Å². The van der Waals surface area contributed by atoms with Crippen LogP contribution in [0.1, 0.15) is 56.6 Å². The van der Waals surface area contributed by atoms with E-state index in [1.165, 1.54) is 19.3 Å². The SMILES string of the molecule is C=C(Cn1cc(CNc2cc(N3CCCCC3)nc3c(CC)cnn23)ccc1=O)C(=O)N1CCCCC1. The van der Waals surface area contributed by atoms with Crippen molar-refractivity contribution in [3.8, 4) is 0 Å². The Morgan fingerprint density at radius 2 is 1.78 bits per heavy atom. The van der Waals surface area contributed by atoms with Gasteiger partial charge in [0.05, 0.1) is 12.7 Å². The lowest BCUT2D eigenvalue weighted by atomic mass is 10.1. The highest BCUT2D eigenvalue weighted by atomic mass is 16.2. The van der Waals surface area contributed by atoms with Crippen LogP contribution in [-0.4, -0.2) is 56.2 Å². The minimum atomic E-state index is -0.144. The molecule has 5 heterocycles. The molecule has 1 N–H and O–H groups in total. The highest BCUT2D eigenvalue weighted by Gasteiger charge is 2.20. The first-order valence-corrected chi connectivity index (χ1v) is 13.6. The average molecular weight is 504 g/mol. The number of anilines is 2. The fourth-order valence-electron chi connectivity index (χ4n) is 5.25. The number of carbonyl (C=O) groups excluding carboxylic acids is 1. The Kier molecular flexibility index (Phi) is 7.58. The van der Waals surface area contributed by atoms with Crippen molar-refractivity contribution in [3.63, 3.8) is 0 Å². The molecule has 0 atom stereocenters. The van der Waals surface area contributed by atoms with Crippen LogP contribution >= 0.6 is 0 Å². The van der Waals surface area contributed by atoms with E-state index in [4.69, 9.17) is 4.98 Å². The van der Waals surface area contributed by atoms with Gasteiger partial charge in [-0.05, 0) is 50.5 Å². The molecule has 0 bridgehead atoms. The predicted molar refractivity (Wildman–Crippen MR) is 146 cm³/mol. The number of carbonyl (C=O) groups is 1. The van der Waals surface area contributed by atoms with Crippen molar-refractivity contribution in [3.05, 3.63) is 64.2 Å². The summed E-state index contributed by atoms with van der Waals surface area (Å²) in [6.07, 6.45) is 11.4. The number of hydrogen-bond acceptors (Lipinski definition) is 6. The average Bonchev–Trinajstić information content (AvgIpc) is 3.37. The lowest BCUT2D eigenvalue weighted by Crippen LogP contribution is -2.37. The van der Waals surface area contributed by atoms with E-state index in [1.807, 2.05) is 27.9 Å². The fraction of sp³-hybridized carbons (Fsp3) is 0.500. The largest absolute Gasteiger partial charge is 0.366 e. The Morgan fingerprint density at radius 3 is 2.51 bits per heavy atom. The van der Waals surface area contributed by atoms with Gasteiger partial charge in [0.15, 0.2) is 5.65 Å². The van der Waals surface area contributed by atoms with Gasteiger partial charge < -0.3 is 19.7 Å². The molecule has 9 nitrogen and oxygen atoms in total. The minimum Gasteiger partial charge on any atom is -0.366 e. The molecule has 2 aliphatic heterocycles. The summed E-state index contributed by atoms with van der Waals surface area (Å²) in [6, 6.07) is 5.45. The van der Waals surface area contributed by atoms with Crippen molar-refractivity contribution >= 4 is 23.2 Å². The smallest absolute Gasteiger partial charge is 0.251 e. The van der Waals surface area contributed by atoms with Crippen LogP contribution in [0.15, 0.2) is 47.5 Å². The maximum atomic E-state index is 12.8. The van der Waals surface area contributed by atoms with E-state index in [9.17, 15) is 9.59 Å². The van der Waals surface area contributed by atoms with Crippen molar-refractivity contribution in [1.29, 1.82) is 0 Å². The van der Waals surface area contributed by atoms with Crippen molar-refractivity contribution in [1.82, 2.24) is 24.1 Å². The second-order valence-corrected chi connectivity index (χ2v) is 10.1. The summed E-state index contributed by atoms with van der Waals surface area (Å²) < 4.78 is 3.44. The fourth-order valence-corrected chi connectivity index (χ4v) is 5.25. The van der Waals surface area contributed by atoms with E-state index in [2.05, 4.69) is 34.9 Å². The van der Waals surface area contributed by atoms with E-state index in [0.29, 0.717) is 12.1 Å². The molecule has 3 aromatic heterocycles. The number of piperidine rings is 2. The number of nitrogens with one attached hydrogen (secondary N) is 1. The van der Waals surface area contributed by atoms with Crippen LogP contribution in [0, 0.1) is 0 Å². The summed E-state index contributed by atoms with van der Waals surface area (Å²) >= 11 is 0.